The van der Waals surface area contributed by atoms with Crippen molar-refractivity contribution in [1.82, 2.24) is 40.8 Å². The Hall–Kier alpha value is -6.79. The van der Waals surface area contributed by atoms with Gasteiger partial charge in [0.05, 0.1) is 0 Å². The Kier molecular flexibility index (Phi) is 13.4. The molecule has 12 nitrogen and oxygen atoms in total. The van der Waals surface area contributed by atoms with Gasteiger partial charge in [-0.2, -0.15) is 20.6 Å². The van der Waals surface area contributed by atoms with E-state index < -0.39 is 0 Å². The SMILES string of the molecule is C.Nc1cc(C(CCC(=O)Cc2ccccc2)c2ccccc2)c2n[nH]nc2n1.Nc1cc(C(CCC(N)Cc2ccccc2)c2ccccc2)c2n[nH]nc2n1. The molecular formula is C45H49N11O. The van der Waals surface area contributed by atoms with Gasteiger partial charge in [-0.15, -0.1) is 10.2 Å². The lowest BCUT2D eigenvalue weighted by Crippen LogP contribution is -2.23. The third-order valence-corrected chi connectivity index (χ3v) is 9.96. The zero-order chi connectivity index (χ0) is 38.7. The summed E-state index contributed by atoms with van der Waals surface area (Å²) in [5.74, 6) is 1.17. The van der Waals surface area contributed by atoms with Gasteiger partial charge in [-0.05, 0) is 71.2 Å². The fraction of sp³-hybridized carbons (Fsp3) is 0.222. The number of pyridine rings is 2. The van der Waals surface area contributed by atoms with Crippen LogP contribution in [0.15, 0.2) is 133 Å². The van der Waals surface area contributed by atoms with Gasteiger partial charge in [-0.25, -0.2) is 9.97 Å². The van der Waals surface area contributed by atoms with Crippen LogP contribution in [0.3, 0.4) is 0 Å². The zero-order valence-electron chi connectivity index (χ0n) is 31.0. The molecule has 0 aliphatic heterocycles. The van der Waals surface area contributed by atoms with Gasteiger partial charge in [0.15, 0.2) is 0 Å². The lowest BCUT2D eigenvalue weighted by molar-refractivity contribution is -0.118. The molecule has 0 aliphatic carbocycles. The number of aromatic amines is 2. The summed E-state index contributed by atoms with van der Waals surface area (Å²) in [4.78, 5) is 21.1. The number of Topliss-reactive ketones (excluding diaryl/α,β-unsaturated/α-hetero) is 1. The summed E-state index contributed by atoms with van der Waals surface area (Å²) >= 11 is 0. The third kappa shape index (κ3) is 10.3. The molecule has 0 saturated carbocycles. The lowest BCUT2D eigenvalue weighted by Gasteiger charge is -2.21. The molecule has 4 aromatic carbocycles. The van der Waals surface area contributed by atoms with Crippen molar-refractivity contribution >= 4 is 39.7 Å². The van der Waals surface area contributed by atoms with E-state index in [1.165, 1.54) is 11.1 Å². The maximum absolute atomic E-state index is 12.6. The summed E-state index contributed by atoms with van der Waals surface area (Å²) < 4.78 is 0. The molecule has 4 heterocycles. The van der Waals surface area contributed by atoms with Crippen molar-refractivity contribution in [3.8, 4) is 0 Å². The predicted octanol–water partition coefficient (Wildman–Crippen LogP) is 7.71. The van der Waals surface area contributed by atoms with Gasteiger partial charge in [0.1, 0.15) is 28.5 Å². The van der Waals surface area contributed by atoms with Crippen LogP contribution >= 0.6 is 0 Å². The van der Waals surface area contributed by atoms with Gasteiger partial charge >= 0.3 is 0 Å². The summed E-state index contributed by atoms with van der Waals surface area (Å²) in [5, 5.41) is 22.1. The number of H-pyrrole nitrogens is 2. The first kappa shape index (κ1) is 39.9. The number of hydrogen-bond donors (Lipinski definition) is 5. The van der Waals surface area contributed by atoms with Crippen LogP contribution in [0, 0.1) is 0 Å². The molecule has 0 amide bonds. The van der Waals surface area contributed by atoms with Crippen LogP contribution in [-0.4, -0.2) is 52.6 Å². The number of anilines is 2. The fourth-order valence-electron chi connectivity index (χ4n) is 7.28. The standard InChI is InChI=1S/C22H24N6.C22H21N5O.CH4/c23-17(13-15-7-3-1-4-8-15)11-12-18(16-9-5-2-6-10-16)19-14-20(24)25-22-21(19)26-28-27-22;23-20-14-19(21-22(24-20)26-27-25-21)18(16-9-5-2-6-10-16)12-11-17(28)13-15-7-3-1-4-8-15;/h1-10,14,17-18H,11-13,23H2,(H3,24,25,26,27,28);1-10,14,18H,11-13H2,(H3,23,24,25,26,27);1H4. The summed E-state index contributed by atoms with van der Waals surface area (Å²) in [6.45, 7) is 0. The van der Waals surface area contributed by atoms with E-state index in [0.29, 0.717) is 47.7 Å². The number of nitrogens with zero attached hydrogens (tertiary/aromatic N) is 6. The second-order valence-corrected chi connectivity index (χ2v) is 14.0. The topological polar surface area (TPSA) is 204 Å². The van der Waals surface area contributed by atoms with E-state index in [1.54, 1.807) is 0 Å². The molecule has 0 fully saturated rings. The van der Waals surface area contributed by atoms with Crippen LogP contribution in [0.25, 0.3) is 22.3 Å². The van der Waals surface area contributed by atoms with Crippen molar-refractivity contribution < 1.29 is 4.79 Å². The molecule has 8 N–H and O–H groups in total. The highest BCUT2D eigenvalue weighted by Crippen LogP contribution is 2.35. The molecule has 3 atom stereocenters. The number of hydrogen-bond acceptors (Lipinski definition) is 10. The molecule has 290 valence electrons. The van der Waals surface area contributed by atoms with E-state index in [2.05, 4.69) is 101 Å². The molecule has 4 aromatic heterocycles. The molecular weight excluding hydrogens is 711 g/mol. The van der Waals surface area contributed by atoms with Crippen molar-refractivity contribution in [2.24, 2.45) is 5.73 Å². The van der Waals surface area contributed by atoms with Crippen LogP contribution in [0.1, 0.15) is 78.3 Å². The van der Waals surface area contributed by atoms with E-state index in [4.69, 9.17) is 17.2 Å². The van der Waals surface area contributed by atoms with E-state index in [1.807, 2.05) is 72.8 Å². The number of nitrogens with two attached hydrogens (primary N) is 3. The average molecular weight is 760 g/mol. The molecule has 8 aromatic rings. The molecule has 0 saturated heterocycles. The minimum atomic E-state index is -0.0150. The first-order valence-corrected chi connectivity index (χ1v) is 18.8. The Bertz CT molecular complexity index is 2450. The monoisotopic (exact) mass is 759 g/mol. The van der Waals surface area contributed by atoms with Crippen LogP contribution in [0.2, 0.25) is 0 Å². The largest absolute Gasteiger partial charge is 0.384 e. The molecule has 12 heteroatoms. The number of benzene rings is 4. The molecule has 8 rings (SSSR count). The number of nitrogen functional groups attached to an aromatic ring is 2. The van der Waals surface area contributed by atoms with E-state index in [9.17, 15) is 4.79 Å². The number of fused-ring (bicyclic) bond motifs is 2. The first-order chi connectivity index (χ1) is 27.4. The first-order valence-electron chi connectivity index (χ1n) is 18.8. The predicted molar refractivity (Wildman–Crippen MR) is 227 cm³/mol. The van der Waals surface area contributed by atoms with Crippen molar-refractivity contribution in [1.29, 1.82) is 0 Å². The van der Waals surface area contributed by atoms with Gasteiger partial charge in [-0.3, -0.25) is 4.79 Å². The number of carbonyl (C=O) groups is 1. The van der Waals surface area contributed by atoms with Crippen LogP contribution in [-0.2, 0) is 17.6 Å². The quantitative estimate of drug-likeness (QED) is 0.0730. The third-order valence-electron chi connectivity index (χ3n) is 9.96. The minimum absolute atomic E-state index is 0. The van der Waals surface area contributed by atoms with Crippen LogP contribution in [0.5, 0.6) is 0 Å². The highest BCUT2D eigenvalue weighted by Gasteiger charge is 2.23. The molecule has 0 spiro atoms. The molecule has 0 bridgehead atoms. The molecule has 57 heavy (non-hydrogen) atoms. The Balaban J connectivity index is 0.000000189. The summed E-state index contributed by atoms with van der Waals surface area (Å²) in [7, 11) is 0. The van der Waals surface area contributed by atoms with Gasteiger partial charge < -0.3 is 17.2 Å². The number of ketones is 1. The normalized spacial score (nSPS) is 12.6. The lowest BCUT2D eigenvalue weighted by atomic mass is 9.85. The maximum atomic E-state index is 12.6. The van der Waals surface area contributed by atoms with Crippen molar-refractivity contribution in [3.63, 3.8) is 0 Å². The summed E-state index contributed by atoms with van der Waals surface area (Å²) in [6.07, 6.45) is 4.22. The highest BCUT2D eigenvalue weighted by atomic mass is 16.1. The van der Waals surface area contributed by atoms with Crippen molar-refractivity contribution in [3.05, 3.63) is 167 Å². The summed E-state index contributed by atoms with van der Waals surface area (Å²) in [5.41, 5.74) is 27.6. The van der Waals surface area contributed by atoms with Crippen LogP contribution in [0.4, 0.5) is 11.6 Å². The second-order valence-electron chi connectivity index (χ2n) is 14.0. The zero-order valence-corrected chi connectivity index (χ0v) is 31.0. The Morgan fingerprint density at radius 2 is 1.00 bits per heavy atom. The smallest absolute Gasteiger partial charge is 0.203 e. The van der Waals surface area contributed by atoms with Crippen molar-refractivity contribution in [2.45, 2.75) is 63.8 Å². The van der Waals surface area contributed by atoms with Gasteiger partial charge in [0, 0.05) is 30.7 Å². The van der Waals surface area contributed by atoms with Gasteiger partial charge in [0.2, 0.25) is 11.3 Å². The number of rotatable bonds is 14. The average Bonchev–Trinajstić information content (AvgIpc) is 3.90. The number of carbonyl (C=O) groups excluding carboxylic acids is 1. The Morgan fingerprint density at radius 1 is 0.561 bits per heavy atom. The summed E-state index contributed by atoms with van der Waals surface area (Å²) in [6, 6.07) is 44.5. The van der Waals surface area contributed by atoms with Gasteiger partial charge in [0.25, 0.3) is 0 Å². The minimum Gasteiger partial charge on any atom is -0.384 e. The number of nitrogens with one attached hydrogen (secondary N) is 2. The Morgan fingerprint density at radius 3 is 1.49 bits per heavy atom. The van der Waals surface area contributed by atoms with E-state index >= 15 is 0 Å². The number of aromatic nitrogens is 8. The highest BCUT2D eigenvalue weighted by molar-refractivity contribution is 5.81. The van der Waals surface area contributed by atoms with E-state index in [-0.39, 0.29) is 31.1 Å². The molecule has 0 radical (unpaired) electrons. The molecule has 0 aliphatic rings. The second kappa shape index (κ2) is 19.2. The maximum Gasteiger partial charge on any atom is 0.203 e. The molecule has 3 unspecified atom stereocenters. The van der Waals surface area contributed by atoms with E-state index in [0.717, 1.165) is 47.0 Å². The van der Waals surface area contributed by atoms with Gasteiger partial charge in [-0.1, -0.05) is 129 Å². The van der Waals surface area contributed by atoms with Crippen LogP contribution < -0.4 is 17.2 Å². The van der Waals surface area contributed by atoms with Crippen molar-refractivity contribution in [2.75, 3.05) is 11.5 Å². The Labute approximate surface area is 332 Å². The fourth-order valence-corrected chi connectivity index (χ4v) is 7.28.